The van der Waals surface area contributed by atoms with Gasteiger partial charge in [-0.2, -0.15) is 0 Å². The number of piperidine rings is 1. The van der Waals surface area contributed by atoms with Crippen LogP contribution in [0, 0.1) is 5.92 Å². The van der Waals surface area contributed by atoms with E-state index in [9.17, 15) is 0 Å². The standard InChI is InChI=1S/C13H22N4/c1-2-6-12-15-16-13(17(12)8-3-1)9-11-5-4-7-14-10-11/h11,14H,1-10H2. The maximum absolute atomic E-state index is 4.42. The van der Waals surface area contributed by atoms with Crippen molar-refractivity contribution in [2.45, 2.75) is 51.5 Å². The molecular formula is C13H22N4. The Morgan fingerprint density at radius 3 is 3.06 bits per heavy atom. The second kappa shape index (κ2) is 5.17. The summed E-state index contributed by atoms with van der Waals surface area (Å²) in [6.07, 6.45) is 8.80. The van der Waals surface area contributed by atoms with E-state index in [4.69, 9.17) is 0 Å². The first kappa shape index (κ1) is 11.2. The lowest BCUT2D eigenvalue weighted by Gasteiger charge is -2.22. The Labute approximate surface area is 103 Å². The van der Waals surface area contributed by atoms with E-state index in [0.717, 1.165) is 31.8 Å². The Morgan fingerprint density at radius 2 is 2.18 bits per heavy atom. The van der Waals surface area contributed by atoms with Crippen LogP contribution >= 0.6 is 0 Å². The molecule has 2 aliphatic heterocycles. The molecule has 3 heterocycles. The summed E-state index contributed by atoms with van der Waals surface area (Å²) < 4.78 is 2.39. The Bertz CT molecular complexity index is 365. The second-order valence-corrected chi connectivity index (χ2v) is 5.41. The number of nitrogens with zero attached hydrogens (tertiary/aromatic N) is 3. The molecule has 1 fully saturated rings. The average Bonchev–Trinajstić information content (AvgIpc) is 2.61. The summed E-state index contributed by atoms with van der Waals surface area (Å²) in [6.45, 7) is 3.48. The van der Waals surface area contributed by atoms with E-state index in [-0.39, 0.29) is 0 Å². The Kier molecular flexibility index (Phi) is 3.41. The van der Waals surface area contributed by atoms with Gasteiger partial charge in [-0.15, -0.1) is 10.2 Å². The van der Waals surface area contributed by atoms with Gasteiger partial charge < -0.3 is 9.88 Å². The number of aromatic nitrogens is 3. The molecule has 0 bridgehead atoms. The van der Waals surface area contributed by atoms with Crippen molar-refractivity contribution in [1.29, 1.82) is 0 Å². The van der Waals surface area contributed by atoms with Crippen LogP contribution in [-0.2, 0) is 19.4 Å². The molecule has 0 radical (unpaired) electrons. The summed E-state index contributed by atoms with van der Waals surface area (Å²) in [4.78, 5) is 0. The first-order chi connectivity index (χ1) is 8.43. The lowest BCUT2D eigenvalue weighted by atomic mass is 9.96. The van der Waals surface area contributed by atoms with Crippen LogP contribution in [0.4, 0.5) is 0 Å². The summed E-state index contributed by atoms with van der Waals surface area (Å²) in [5, 5.41) is 12.3. The normalized spacial score (nSPS) is 25.3. The van der Waals surface area contributed by atoms with Gasteiger partial charge in [-0.1, -0.05) is 6.42 Å². The van der Waals surface area contributed by atoms with Crippen LogP contribution in [0.1, 0.15) is 43.8 Å². The lowest BCUT2D eigenvalue weighted by molar-refractivity contribution is 0.365. The predicted molar refractivity (Wildman–Crippen MR) is 66.9 cm³/mol. The average molecular weight is 234 g/mol. The van der Waals surface area contributed by atoms with Gasteiger partial charge in [0.05, 0.1) is 0 Å². The molecule has 0 amide bonds. The van der Waals surface area contributed by atoms with Crippen molar-refractivity contribution >= 4 is 0 Å². The van der Waals surface area contributed by atoms with Gasteiger partial charge in [0, 0.05) is 19.4 Å². The number of nitrogens with one attached hydrogen (secondary N) is 1. The van der Waals surface area contributed by atoms with Gasteiger partial charge in [-0.05, 0) is 44.7 Å². The monoisotopic (exact) mass is 234 g/mol. The van der Waals surface area contributed by atoms with Crippen molar-refractivity contribution in [3.05, 3.63) is 11.6 Å². The third-order valence-corrected chi connectivity index (χ3v) is 4.06. The summed E-state index contributed by atoms with van der Waals surface area (Å²) in [7, 11) is 0. The molecule has 0 saturated carbocycles. The molecule has 4 nitrogen and oxygen atoms in total. The largest absolute Gasteiger partial charge is 0.316 e. The molecule has 0 aliphatic carbocycles. The minimum atomic E-state index is 0.764. The smallest absolute Gasteiger partial charge is 0.133 e. The molecule has 17 heavy (non-hydrogen) atoms. The molecule has 1 N–H and O–H groups in total. The van der Waals surface area contributed by atoms with Gasteiger partial charge >= 0.3 is 0 Å². The van der Waals surface area contributed by atoms with Crippen molar-refractivity contribution in [3.63, 3.8) is 0 Å². The van der Waals surface area contributed by atoms with E-state index in [2.05, 4.69) is 20.1 Å². The van der Waals surface area contributed by atoms with Crippen molar-refractivity contribution < 1.29 is 0 Å². The number of aryl methyl sites for hydroxylation is 1. The predicted octanol–water partition coefficient (Wildman–Crippen LogP) is 1.55. The molecule has 4 heteroatoms. The number of hydrogen-bond donors (Lipinski definition) is 1. The number of fused-ring (bicyclic) bond motifs is 1. The van der Waals surface area contributed by atoms with Crippen LogP contribution in [0.15, 0.2) is 0 Å². The Hall–Kier alpha value is -0.900. The first-order valence-corrected chi connectivity index (χ1v) is 7.05. The fourth-order valence-electron chi connectivity index (χ4n) is 3.05. The highest BCUT2D eigenvalue weighted by Crippen LogP contribution is 2.19. The summed E-state index contributed by atoms with van der Waals surface area (Å²) >= 11 is 0. The number of hydrogen-bond acceptors (Lipinski definition) is 3. The van der Waals surface area contributed by atoms with Gasteiger partial charge in [0.1, 0.15) is 11.6 Å². The van der Waals surface area contributed by atoms with Crippen LogP contribution in [0.5, 0.6) is 0 Å². The van der Waals surface area contributed by atoms with Crippen LogP contribution in [0.2, 0.25) is 0 Å². The topological polar surface area (TPSA) is 42.7 Å². The van der Waals surface area contributed by atoms with Crippen LogP contribution < -0.4 is 5.32 Å². The van der Waals surface area contributed by atoms with Gasteiger partial charge in [-0.3, -0.25) is 0 Å². The van der Waals surface area contributed by atoms with Gasteiger partial charge in [-0.25, -0.2) is 0 Å². The molecule has 1 saturated heterocycles. The SMILES string of the molecule is C1CCc2nnc(CC3CCCNC3)n2CC1. The van der Waals surface area contributed by atoms with Crippen LogP contribution in [0.25, 0.3) is 0 Å². The summed E-state index contributed by atoms with van der Waals surface area (Å²) in [5.74, 6) is 3.22. The zero-order valence-electron chi connectivity index (χ0n) is 10.5. The van der Waals surface area contributed by atoms with Crippen molar-refractivity contribution in [3.8, 4) is 0 Å². The quantitative estimate of drug-likeness (QED) is 0.844. The van der Waals surface area contributed by atoms with Crippen molar-refractivity contribution in [2.75, 3.05) is 13.1 Å². The van der Waals surface area contributed by atoms with E-state index in [1.807, 2.05) is 0 Å². The molecule has 1 unspecified atom stereocenters. The summed E-state index contributed by atoms with van der Waals surface area (Å²) in [5.41, 5.74) is 0. The molecule has 94 valence electrons. The highest BCUT2D eigenvalue weighted by molar-refractivity contribution is 4.99. The fraction of sp³-hybridized carbons (Fsp3) is 0.846. The molecule has 0 aromatic carbocycles. The molecule has 3 rings (SSSR count). The Balaban J connectivity index is 1.71. The van der Waals surface area contributed by atoms with Gasteiger partial charge in [0.15, 0.2) is 0 Å². The molecule has 2 aliphatic rings. The molecule has 1 aromatic rings. The highest BCUT2D eigenvalue weighted by atomic mass is 15.3. The highest BCUT2D eigenvalue weighted by Gasteiger charge is 2.19. The third-order valence-electron chi connectivity index (χ3n) is 4.06. The van der Waals surface area contributed by atoms with Gasteiger partial charge in [0.25, 0.3) is 0 Å². The lowest BCUT2D eigenvalue weighted by Crippen LogP contribution is -2.31. The van der Waals surface area contributed by atoms with E-state index in [0.29, 0.717) is 0 Å². The van der Waals surface area contributed by atoms with Crippen molar-refractivity contribution in [2.24, 2.45) is 5.92 Å². The maximum Gasteiger partial charge on any atom is 0.133 e. The van der Waals surface area contributed by atoms with Crippen molar-refractivity contribution in [1.82, 2.24) is 20.1 Å². The van der Waals surface area contributed by atoms with E-state index >= 15 is 0 Å². The van der Waals surface area contributed by atoms with E-state index < -0.39 is 0 Å². The first-order valence-electron chi connectivity index (χ1n) is 7.05. The zero-order valence-corrected chi connectivity index (χ0v) is 10.5. The number of rotatable bonds is 2. The summed E-state index contributed by atoms with van der Waals surface area (Å²) in [6, 6.07) is 0. The van der Waals surface area contributed by atoms with Crippen LogP contribution in [0.3, 0.4) is 0 Å². The Morgan fingerprint density at radius 1 is 1.18 bits per heavy atom. The fourth-order valence-corrected chi connectivity index (χ4v) is 3.05. The molecular weight excluding hydrogens is 212 g/mol. The second-order valence-electron chi connectivity index (χ2n) is 5.41. The maximum atomic E-state index is 4.42. The zero-order chi connectivity index (χ0) is 11.5. The van der Waals surface area contributed by atoms with Crippen LogP contribution in [-0.4, -0.2) is 27.9 Å². The van der Waals surface area contributed by atoms with E-state index in [1.54, 1.807) is 0 Å². The minimum absolute atomic E-state index is 0.764. The minimum Gasteiger partial charge on any atom is -0.316 e. The third kappa shape index (κ3) is 2.51. The molecule has 1 atom stereocenters. The van der Waals surface area contributed by atoms with E-state index in [1.165, 1.54) is 50.3 Å². The molecule has 0 spiro atoms. The molecule has 1 aromatic heterocycles. The van der Waals surface area contributed by atoms with Gasteiger partial charge in [0.2, 0.25) is 0 Å².